The third-order valence-electron chi connectivity index (χ3n) is 4.29. The van der Waals surface area contributed by atoms with Crippen LogP contribution in [0.15, 0.2) is 61.3 Å². The number of aliphatic hydroxyl groups is 1. The van der Waals surface area contributed by atoms with Gasteiger partial charge in [-0.15, -0.1) is 5.10 Å². The first-order chi connectivity index (χ1) is 14.5. The summed E-state index contributed by atoms with van der Waals surface area (Å²) in [5, 5.41) is 28.1. The van der Waals surface area contributed by atoms with E-state index in [1.165, 1.54) is 6.20 Å². The van der Waals surface area contributed by atoms with Crippen molar-refractivity contribution in [2.24, 2.45) is 7.05 Å². The van der Waals surface area contributed by atoms with Gasteiger partial charge in [0.25, 0.3) is 0 Å². The smallest absolute Gasteiger partial charge is 0.227 e. The van der Waals surface area contributed by atoms with Crippen LogP contribution in [0, 0.1) is 0 Å². The molecule has 9 nitrogen and oxygen atoms in total. The fourth-order valence-electron chi connectivity index (χ4n) is 2.88. The van der Waals surface area contributed by atoms with Crippen LogP contribution in [0.3, 0.4) is 0 Å². The average Bonchev–Trinajstić information content (AvgIpc) is 3.14. The first-order valence-corrected chi connectivity index (χ1v) is 9.53. The maximum Gasteiger partial charge on any atom is 0.227 e. The molecule has 3 N–H and O–H groups in total. The molecule has 10 heteroatoms. The van der Waals surface area contributed by atoms with Crippen molar-refractivity contribution in [1.29, 1.82) is 0 Å². The Labute approximate surface area is 177 Å². The minimum atomic E-state index is -0.780. The molecule has 0 radical (unpaired) electrons. The van der Waals surface area contributed by atoms with E-state index in [1.807, 2.05) is 37.5 Å². The van der Waals surface area contributed by atoms with Crippen molar-refractivity contribution in [2.45, 2.75) is 12.6 Å². The van der Waals surface area contributed by atoms with E-state index in [-0.39, 0.29) is 5.15 Å². The molecule has 1 atom stereocenters. The number of hydrogen-bond donors (Lipinski definition) is 3. The van der Waals surface area contributed by atoms with Gasteiger partial charge in [-0.1, -0.05) is 35.9 Å². The number of aryl methyl sites for hydroxylation is 1. The summed E-state index contributed by atoms with van der Waals surface area (Å²) in [5.74, 6) is 0.503. The maximum atomic E-state index is 10.3. The minimum absolute atomic E-state index is 0.264. The van der Waals surface area contributed by atoms with Gasteiger partial charge >= 0.3 is 0 Å². The van der Waals surface area contributed by atoms with Gasteiger partial charge in [-0.05, 0) is 11.1 Å². The van der Waals surface area contributed by atoms with E-state index in [2.05, 4.69) is 35.9 Å². The largest absolute Gasteiger partial charge is 0.373 e. The predicted octanol–water partition coefficient (Wildman–Crippen LogP) is 3.04. The van der Waals surface area contributed by atoms with Crippen molar-refractivity contribution in [1.82, 2.24) is 29.9 Å². The summed E-state index contributed by atoms with van der Waals surface area (Å²) in [6.07, 6.45) is 8.22. The molecule has 0 fully saturated rings. The maximum absolute atomic E-state index is 10.3. The Bertz CT molecular complexity index is 1110. The van der Waals surface area contributed by atoms with Crippen LogP contribution < -0.4 is 10.6 Å². The van der Waals surface area contributed by atoms with E-state index in [0.29, 0.717) is 18.1 Å². The lowest BCUT2D eigenvalue weighted by atomic mass is 10.0. The summed E-state index contributed by atoms with van der Waals surface area (Å²) in [6, 6.07) is 9.47. The van der Waals surface area contributed by atoms with Crippen molar-refractivity contribution in [3.05, 3.63) is 72.0 Å². The normalized spacial score (nSPS) is 11.8. The molecule has 0 bridgehead atoms. The van der Waals surface area contributed by atoms with Crippen molar-refractivity contribution < 1.29 is 5.11 Å². The highest BCUT2D eigenvalue weighted by molar-refractivity contribution is 6.29. The van der Waals surface area contributed by atoms with E-state index in [1.54, 1.807) is 29.3 Å². The fourth-order valence-corrected chi connectivity index (χ4v) is 3.04. The van der Waals surface area contributed by atoms with Gasteiger partial charge in [0, 0.05) is 43.7 Å². The zero-order valence-corrected chi connectivity index (χ0v) is 16.8. The monoisotopic (exact) mass is 422 g/mol. The molecule has 4 aromatic rings. The number of anilines is 3. The Balaban J connectivity index is 1.37. The summed E-state index contributed by atoms with van der Waals surface area (Å²) in [5.41, 5.74) is 4.29. The van der Waals surface area contributed by atoms with Crippen LogP contribution in [0.4, 0.5) is 17.3 Å². The lowest BCUT2D eigenvalue weighted by Crippen LogP contribution is -2.21. The van der Waals surface area contributed by atoms with Gasteiger partial charge in [-0.25, -0.2) is 9.97 Å². The highest BCUT2D eigenvalue weighted by Gasteiger charge is 2.08. The highest BCUT2D eigenvalue weighted by Crippen LogP contribution is 2.21. The number of aromatic nitrogens is 6. The van der Waals surface area contributed by atoms with Gasteiger partial charge in [-0.3, -0.25) is 4.68 Å². The van der Waals surface area contributed by atoms with Gasteiger partial charge in [0.15, 0.2) is 5.15 Å². The Morgan fingerprint density at radius 2 is 1.80 bits per heavy atom. The van der Waals surface area contributed by atoms with Crippen LogP contribution in [0.1, 0.15) is 5.56 Å². The Kier molecular flexibility index (Phi) is 5.82. The van der Waals surface area contributed by atoms with Crippen LogP contribution in [0.25, 0.3) is 11.1 Å². The quantitative estimate of drug-likeness (QED) is 0.389. The van der Waals surface area contributed by atoms with E-state index in [4.69, 9.17) is 11.6 Å². The minimum Gasteiger partial charge on any atom is -0.373 e. The van der Waals surface area contributed by atoms with Crippen molar-refractivity contribution in [3.63, 3.8) is 0 Å². The van der Waals surface area contributed by atoms with E-state index >= 15 is 0 Å². The zero-order chi connectivity index (χ0) is 20.9. The number of nitrogens with one attached hydrogen (secondary N) is 2. The predicted molar refractivity (Wildman–Crippen MR) is 114 cm³/mol. The van der Waals surface area contributed by atoms with Crippen molar-refractivity contribution in [2.75, 3.05) is 10.6 Å². The molecule has 0 aliphatic rings. The van der Waals surface area contributed by atoms with Crippen LogP contribution >= 0.6 is 11.6 Å². The van der Waals surface area contributed by atoms with Gasteiger partial charge in [-0.2, -0.15) is 10.2 Å². The summed E-state index contributed by atoms with van der Waals surface area (Å²) in [4.78, 5) is 8.71. The third kappa shape index (κ3) is 5.07. The molecule has 30 heavy (non-hydrogen) atoms. The Morgan fingerprint density at radius 3 is 2.47 bits per heavy atom. The van der Waals surface area contributed by atoms with Crippen LogP contribution in [-0.4, -0.2) is 41.3 Å². The standard InChI is InChI=1S/C20H19ClN8O/c1-29-12-17(11-25-29)27-20-22-8-15(9-23-20)14-4-2-13(3-5-14)6-19(30)26-16-7-18(21)28-24-10-16/h2-5,7-12,19,30H,6H2,1H3,(H,26,28)(H,22,23,27). The molecule has 0 aliphatic heterocycles. The number of aliphatic hydroxyl groups excluding tert-OH is 1. The van der Waals surface area contributed by atoms with E-state index in [9.17, 15) is 5.11 Å². The summed E-state index contributed by atoms with van der Waals surface area (Å²) in [6.45, 7) is 0. The first-order valence-electron chi connectivity index (χ1n) is 9.15. The lowest BCUT2D eigenvalue weighted by Gasteiger charge is -2.14. The average molecular weight is 423 g/mol. The van der Waals surface area contributed by atoms with Gasteiger partial charge in [0.1, 0.15) is 6.23 Å². The number of hydrogen-bond acceptors (Lipinski definition) is 8. The van der Waals surface area contributed by atoms with Crippen LogP contribution in [0.2, 0.25) is 5.15 Å². The second kappa shape index (κ2) is 8.85. The van der Waals surface area contributed by atoms with E-state index < -0.39 is 6.23 Å². The number of nitrogens with zero attached hydrogens (tertiary/aromatic N) is 6. The Hall–Kier alpha value is -3.56. The third-order valence-corrected chi connectivity index (χ3v) is 4.47. The summed E-state index contributed by atoms with van der Waals surface area (Å²) < 4.78 is 1.70. The molecular formula is C20H19ClN8O. The second-order valence-electron chi connectivity index (χ2n) is 6.65. The molecule has 1 aromatic carbocycles. The molecule has 4 rings (SSSR count). The lowest BCUT2D eigenvalue weighted by molar-refractivity contribution is 0.204. The van der Waals surface area contributed by atoms with Crippen molar-refractivity contribution >= 4 is 28.9 Å². The zero-order valence-electron chi connectivity index (χ0n) is 16.1. The fraction of sp³-hybridized carbons (Fsp3) is 0.150. The summed E-state index contributed by atoms with van der Waals surface area (Å²) in [7, 11) is 1.85. The topological polar surface area (TPSA) is 114 Å². The molecule has 0 spiro atoms. The first kappa shape index (κ1) is 19.7. The molecular weight excluding hydrogens is 404 g/mol. The molecule has 0 amide bonds. The van der Waals surface area contributed by atoms with Crippen molar-refractivity contribution in [3.8, 4) is 11.1 Å². The molecule has 3 aromatic heterocycles. The Morgan fingerprint density at radius 1 is 1.03 bits per heavy atom. The van der Waals surface area contributed by atoms with E-state index in [0.717, 1.165) is 22.4 Å². The number of halogens is 1. The van der Waals surface area contributed by atoms with Crippen LogP contribution in [0.5, 0.6) is 0 Å². The number of benzene rings is 1. The van der Waals surface area contributed by atoms with Gasteiger partial charge in [0.05, 0.1) is 23.8 Å². The molecule has 3 heterocycles. The molecule has 152 valence electrons. The van der Waals surface area contributed by atoms with Gasteiger partial charge < -0.3 is 15.7 Å². The SMILES string of the molecule is Cn1cc(Nc2ncc(-c3ccc(CC(O)Nc4cnnc(Cl)c4)cc3)cn2)cn1. The highest BCUT2D eigenvalue weighted by atomic mass is 35.5. The number of rotatable bonds is 7. The molecule has 1 unspecified atom stereocenters. The van der Waals surface area contributed by atoms with Crippen LogP contribution in [-0.2, 0) is 13.5 Å². The molecule has 0 saturated carbocycles. The summed E-state index contributed by atoms with van der Waals surface area (Å²) >= 11 is 5.80. The molecule has 0 aliphatic carbocycles. The van der Waals surface area contributed by atoms with Gasteiger partial charge in [0.2, 0.25) is 5.95 Å². The second-order valence-corrected chi connectivity index (χ2v) is 7.04. The molecule has 0 saturated heterocycles.